The van der Waals surface area contributed by atoms with Crippen molar-refractivity contribution in [2.75, 3.05) is 16.8 Å². The quantitative estimate of drug-likeness (QED) is 0.770. The monoisotopic (exact) mass is 436 g/mol. The smallest absolute Gasteiger partial charge is 0.255 e. The molecule has 0 saturated carbocycles. The lowest BCUT2D eigenvalue weighted by atomic mass is 10.1. The van der Waals surface area contributed by atoms with Crippen molar-refractivity contribution in [2.45, 2.75) is 12.5 Å². The zero-order valence-electron chi connectivity index (χ0n) is 13.7. The van der Waals surface area contributed by atoms with E-state index < -0.39 is 9.84 Å². The number of anilines is 1. The Morgan fingerprint density at radius 3 is 2.35 bits per heavy atom. The number of nitrogens with one attached hydrogen (secondary N) is 2. The van der Waals surface area contributed by atoms with Crippen LogP contribution in [0.5, 0.6) is 0 Å². The molecule has 0 bridgehead atoms. The van der Waals surface area contributed by atoms with Crippen LogP contribution in [0.15, 0.2) is 53.0 Å². The first-order valence-electron chi connectivity index (χ1n) is 8.01. The maximum atomic E-state index is 12.3. The van der Waals surface area contributed by atoms with Crippen molar-refractivity contribution in [2.24, 2.45) is 0 Å². The number of rotatable bonds is 4. The van der Waals surface area contributed by atoms with E-state index in [1.807, 2.05) is 6.07 Å². The summed E-state index contributed by atoms with van der Waals surface area (Å²) in [5, 5.41) is 5.49. The molecule has 0 unspecified atom stereocenters. The van der Waals surface area contributed by atoms with E-state index in [9.17, 15) is 18.0 Å². The number of benzene rings is 2. The van der Waals surface area contributed by atoms with Gasteiger partial charge in [-0.2, -0.15) is 0 Å². The van der Waals surface area contributed by atoms with Crippen LogP contribution in [0.4, 0.5) is 5.69 Å². The highest BCUT2D eigenvalue weighted by Crippen LogP contribution is 2.16. The van der Waals surface area contributed by atoms with E-state index in [-0.39, 0.29) is 29.4 Å². The molecule has 3 rings (SSSR count). The van der Waals surface area contributed by atoms with Crippen molar-refractivity contribution in [3.05, 3.63) is 64.1 Å². The lowest BCUT2D eigenvalue weighted by molar-refractivity contribution is 0.0940. The molecule has 0 radical (unpaired) electrons. The van der Waals surface area contributed by atoms with Crippen molar-refractivity contribution >= 4 is 43.3 Å². The predicted molar refractivity (Wildman–Crippen MR) is 103 cm³/mol. The lowest BCUT2D eigenvalue weighted by Gasteiger charge is -2.12. The fourth-order valence-corrected chi connectivity index (χ4v) is 4.82. The third-order valence-electron chi connectivity index (χ3n) is 4.04. The number of carbonyl (C=O) groups is 2. The van der Waals surface area contributed by atoms with Gasteiger partial charge in [0.05, 0.1) is 11.5 Å². The summed E-state index contributed by atoms with van der Waals surface area (Å²) in [7, 11) is -3.06. The predicted octanol–water partition coefficient (Wildman–Crippen LogP) is 2.62. The van der Waals surface area contributed by atoms with Crippen molar-refractivity contribution in [1.82, 2.24) is 5.32 Å². The van der Waals surface area contributed by atoms with E-state index in [0.29, 0.717) is 23.2 Å². The lowest BCUT2D eigenvalue weighted by Crippen LogP contribution is -2.35. The molecule has 2 aromatic rings. The van der Waals surface area contributed by atoms with Crippen molar-refractivity contribution in [1.29, 1.82) is 0 Å². The maximum Gasteiger partial charge on any atom is 0.255 e. The summed E-state index contributed by atoms with van der Waals surface area (Å²) in [5.41, 5.74) is 1.34. The second kappa shape index (κ2) is 7.59. The van der Waals surface area contributed by atoms with Crippen LogP contribution in [0.25, 0.3) is 0 Å². The average molecular weight is 437 g/mol. The van der Waals surface area contributed by atoms with Crippen LogP contribution in [0.1, 0.15) is 27.1 Å². The third kappa shape index (κ3) is 4.70. The van der Waals surface area contributed by atoms with Gasteiger partial charge < -0.3 is 10.6 Å². The molecule has 26 heavy (non-hydrogen) atoms. The summed E-state index contributed by atoms with van der Waals surface area (Å²) in [6.45, 7) is 0. The van der Waals surface area contributed by atoms with E-state index in [2.05, 4.69) is 26.6 Å². The molecule has 136 valence electrons. The van der Waals surface area contributed by atoms with Gasteiger partial charge in [-0.25, -0.2) is 8.42 Å². The van der Waals surface area contributed by atoms with Gasteiger partial charge in [-0.15, -0.1) is 0 Å². The van der Waals surface area contributed by atoms with Crippen LogP contribution in [-0.4, -0.2) is 37.8 Å². The van der Waals surface area contributed by atoms with Gasteiger partial charge in [-0.1, -0.05) is 28.1 Å². The molecule has 1 atom stereocenters. The molecular weight excluding hydrogens is 420 g/mol. The zero-order valence-corrected chi connectivity index (χ0v) is 16.1. The Morgan fingerprint density at radius 2 is 1.69 bits per heavy atom. The van der Waals surface area contributed by atoms with Crippen LogP contribution in [0.2, 0.25) is 0 Å². The highest BCUT2D eigenvalue weighted by molar-refractivity contribution is 9.10. The molecule has 2 N–H and O–H groups in total. The second-order valence-electron chi connectivity index (χ2n) is 6.12. The third-order valence-corrected chi connectivity index (χ3v) is 6.30. The number of sulfone groups is 1. The molecule has 6 nitrogen and oxygen atoms in total. The Bertz CT molecular complexity index is 959. The van der Waals surface area contributed by atoms with E-state index in [1.54, 1.807) is 42.5 Å². The molecule has 0 aromatic heterocycles. The summed E-state index contributed by atoms with van der Waals surface area (Å²) in [6.07, 6.45) is 0.424. The van der Waals surface area contributed by atoms with Crippen LogP contribution < -0.4 is 10.6 Å². The second-order valence-corrected chi connectivity index (χ2v) is 9.26. The standard InChI is InChI=1S/C18H17BrN2O4S/c19-14-5-1-3-12(9-14)17(22)20-15-6-2-4-13(10-15)18(23)21-16-7-8-26(24,25)11-16/h1-6,9-10,16H,7-8,11H2,(H,20,22)(H,21,23)/t16-/m0/s1. The average Bonchev–Trinajstić information content (AvgIpc) is 2.93. The fraction of sp³-hybridized carbons (Fsp3) is 0.222. The Labute approximate surface area is 160 Å². The Balaban J connectivity index is 1.68. The molecule has 1 heterocycles. The van der Waals surface area contributed by atoms with Crippen molar-refractivity contribution in [3.8, 4) is 0 Å². The van der Waals surface area contributed by atoms with Crippen LogP contribution in [-0.2, 0) is 9.84 Å². The minimum atomic E-state index is -3.06. The van der Waals surface area contributed by atoms with E-state index in [4.69, 9.17) is 0 Å². The highest BCUT2D eigenvalue weighted by Gasteiger charge is 2.29. The molecule has 1 saturated heterocycles. The van der Waals surface area contributed by atoms with Gasteiger partial charge in [0.1, 0.15) is 0 Å². The topological polar surface area (TPSA) is 92.3 Å². The molecule has 1 aliphatic rings. The summed E-state index contributed by atoms with van der Waals surface area (Å²) >= 11 is 3.32. The number of hydrogen-bond acceptors (Lipinski definition) is 4. The first-order valence-corrected chi connectivity index (χ1v) is 10.6. The van der Waals surface area contributed by atoms with Crippen LogP contribution >= 0.6 is 15.9 Å². The molecule has 0 aliphatic carbocycles. The van der Waals surface area contributed by atoms with Gasteiger partial charge in [0.25, 0.3) is 11.8 Å². The van der Waals surface area contributed by atoms with Crippen molar-refractivity contribution in [3.63, 3.8) is 0 Å². The molecule has 1 aliphatic heterocycles. The molecule has 2 aromatic carbocycles. The number of amides is 2. The molecule has 2 amide bonds. The molecular formula is C18H17BrN2O4S. The number of carbonyl (C=O) groups excluding carboxylic acids is 2. The Hall–Kier alpha value is -2.19. The fourth-order valence-electron chi connectivity index (χ4n) is 2.75. The van der Waals surface area contributed by atoms with Gasteiger partial charge in [0.2, 0.25) is 0 Å². The zero-order chi connectivity index (χ0) is 18.7. The molecule has 1 fully saturated rings. The van der Waals surface area contributed by atoms with Gasteiger partial charge in [0, 0.05) is 27.3 Å². The van der Waals surface area contributed by atoms with Gasteiger partial charge in [0.15, 0.2) is 9.84 Å². The largest absolute Gasteiger partial charge is 0.348 e. The van der Waals surface area contributed by atoms with Crippen LogP contribution in [0.3, 0.4) is 0 Å². The number of hydrogen-bond donors (Lipinski definition) is 2. The highest BCUT2D eigenvalue weighted by atomic mass is 79.9. The Kier molecular flexibility index (Phi) is 5.43. The summed E-state index contributed by atoms with van der Waals surface area (Å²) in [6, 6.07) is 13.1. The van der Waals surface area contributed by atoms with Gasteiger partial charge >= 0.3 is 0 Å². The first kappa shape index (κ1) is 18.6. The van der Waals surface area contributed by atoms with Crippen molar-refractivity contribution < 1.29 is 18.0 Å². The maximum absolute atomic E-state index is 12.3. The van der Waals surface area contributed by atoms with E-state index in [0.717, 1.165) is 4.47 Å². The summed E-state index contributed by atoms with van der Waals surface area (Å²) in [4.78, 5) is 24.6. The van der Waals surface area contributed by atoms with Crippen LogP contribution in [0, 0.1) is 0 Å². The van der Waals surface area contributed by atoms with E-state index in [1.165, 1.54) is 0 Å². The minimum absolute atomic E-state index is 0.0297. The molecule has 0 spiro atoms. The van der Waals surface area contributed by atoms with Gasteiger partial charge in [-0.05, 0) is 42.8 Å². The van der Waals surface area contributed by atoms with E-state index >= 15 is 0 Å². The normalized spacial score (nSPS) is 18.3. The molecule has 8 heteroatoms. The summed E-state index contributed by atoms with van der Waals surface area (Å²) < 4.78 is 23.8. The first-order chi connectivity index (χ1) is 12.3. The number of halogens is 1. The minimum Gasteiger partial charge on any atom is -0.348 e. The van der Waals surface area contributed by atoms with Gasteiger partial charge in [-0.3, -0.25) is 9.59 Å². The summed E-state index contributed by atoms with van der Waals surface area (Å²) in [5.74, 6) is -0.574. The Morgan fingerprint density at radius 1 is 1.00 bits per heavy atom. The SMILES string of the molecule is O=C(Nc1cccc(C(=O)N[C@H]2CCS(=O)(=O)C2)c1)c1cccc(Br)c1.